The molecule has 4 aromatic rings. The molecule has 4 rings (SSSR count). The first-order chi connectivity index (χ1) is 16.2. The molecule has 8 heteroatoms. The highest BCUT2D eigenvalue weighted by Crippen LogP contribution is 2.32. The van der Waals surface area contributed by atoms with Gasteiger partial charge in [0.2, 0.25) is 0 Å². The molecule has 172 valence electrons. The third-order valence-corrected chi connectivity index (χ3v) is 5.03. The maximum absolute atomic E-state index is 12.9. The van der Waals surface area contributed by atoms with Crippen LogP contribution >= 0.6 is 0 Å². The van der Waals surface area contributed by atoms with Gasteiger partial charge in [0, 0.05) is 16.8 Å². The van der Waals surface area contributed by atoms with Crippen LogP contribution in [0.15, 0.2) is 87.9 Å². The van der Waals surface area contributed by atoms with Crippen LogP contribution in [-0.4, -0.2) is 11.7 Å². The zero-order chi connectivity index (χ0) is 24.3. The third kappa shape index (κ3) is 5.17. The number of carbonyl (C=O) groups excluding carboxylic acids is 2. The van der Waals surface area contributed by atoms with Gasteiger partial charge in [0.25, 0.3) is 5.91 Å². The second kappa shape index (κ2) is 9.27. The number of anilines is 1. The first-order valence-corrected chi connectivity index (χ1v) is 10.2. The molecular formula is C26H18F3NO4. The van der Waals surface area contributed by atoms with Gasteiger partial charge in [-0.05, 0) is 73.7 Å². The van der Waals surface area contributed by atoms with Gasteiger partial charge in [-0.3, -0.25) is 9.59 Å². The van der Waals surface area contributed by atoms with Crippen LogP contribution in [0.5, 0.6) is 0 Å². The van der Waals surface area contributed by atoms with Crippen LogP contribution in [0.2, 0.25) is 0 Å². The van der Waals surface area contributed by atoms with Crippen molar-refractivity contribution in [3.8, 4) is 11.3 Å². The molecule has 1 amide bonds. The first kappa shape index (κ1) is 22.8. The molecule has 5 nitrogen and oxygen atoms in total. The summed E-state index contributed by atoms with van der Waals surface area (Å²) < 4.78 is 49.5. The Morgan fingerprint density at radius 1 is 0.971 bits per heavy atom. The molecule has 0 spiro atoms. The summed E-state index contributed by atoms with van der Waals surface area (Å²) in [4.78, 5) is 24.7. The van der Waals surface area contributed by atoms with E-state index in [0.29, 0.717) is 28.3 Å². The van der Waals surface area contributed by atoms with Gasteiger partial charge in [-0.15, -0.1) is 0 Å². The van der Waals surface area contributed by atoms with E-state index in [-0.39, 0.29) is 23.0 Å². The lowest BCUT2D eigenvalue weighted by Gasteiger charge is -2.07. The Morgan fingerprint density at radius 2 is 1.74 bits per heavy atom. The number of alkyl halides is 3. The first-order valence-electron chi connectivity index (χ1n) is 10.2. The lowest BCUT2D eigenvalue weighted by Crippen LogP contribution is -2.12. The lowest BCUT2D eigenvalue weighted by molar-refractivity contribution is -0.137. The zero-order valence-corrected chi connectivity index (χ0v) is 17.8. The van der Waals surface area contributed by atoms with Gasteiger partial charge < -0.3 is 14.2 Å². The Morgan fingerprint density at radius 3 is 2.41 bits per heavy atom. The molecule has 1 N–H and O–H groups in total. The molecule has 2 heterocycles. The molecular weight excluding hydrogens is 447 g/mol. The van der Waals surface area contributed by atoms with E-state index in [1.807, 2.05) is 0 Å². The number of furan rings is 2. The second-order valence-corrected chi connectivity index (χ2v) is 7.40. The van der Waals surface area contributed by atoms with E-state index in [0.717, 1.165) is 12.1 Å². The number of ketones is 1. The van der Waals surface area contributed by atoms with Gasteiger partial charge in [0.05, 0.1) is 17.4 Å². The molecule has 0 aliphatic heterocycles. The van der Waals surface area contributed by atoms with Gasteiger partial charge >= 0.3 is 6.18 Å². The lowest BCUT2D eigenvalue weighted by atomic mass is 10.1. The summed E-state index contributed by atoms with van der Waals surface area (Å²) in [7, 11) is 0. The van der Waals surface area contributed by atoms with Crippen LogP contribution in [0.4, 0.5) is 18.9 Å². The summed E-state index contributed by atoms with van der Waals surface area (Å²) >= 11 is 0. The normalized spacial score (nSPS) is 11.6. The highest BCUT2D eigenvalue weighted by molar-refractivity contribution is 6.08. The van der Waals surface area contributed by atoms with Crippen molar-refractivity contribution < 1.29 is 31.6 Å². The zero-order valence-electron chi connectivity index (χ0n) is 17.8. The largest absolute Gasteiger partial charge is 0.469 e. The highest BCUT2D eigenvalue weighted by atomic mass is 19.4. The van der Waals surface area contributed by atoms with Crippen LogP contribution < -0.4 is 5.32 Å². The fourth-order valence-corrected chi connectivity index (χ4v) is 3.24. The Bertz CT molecular complexity index is 1360. The topological polar surface area (TPSA) is 72.5 Å². The number of hydrogen-bond donors (Lipinski definition) is 1. The second-order valence-electron chi connectivity index (χ2n) is 7.40. The third-order valence-electron chi connectivity index (χ3n) is 5.03. The van der Waals surface area contributed by atoms with Gasteiger partial charge in [-0.2, -0.15) is 13.2 Å². The Balaban J connectivity index is 1.41. The van der Waals surface area contributed by atoms with Crippen LogP contribution in [0.1, 0.15) is 37.8 Å². The van der Waals surface area contributed by atoms with E-state index in [9.17, 15) is 22.8 Å². The molecule has 0 radical (unpaired) electrons. The Hall–Kier alpha value is -4.33. The number of aryl methyl sites for hydroxylation is 1. The number of hydrogen-bond acceptors (Lipinski definition) is 4. The van der Waals surface area contributed by atoms with Crippen molar-refractivity contribution in [2.45, 2.75) is 13.1 Å². The average Bonchev–Trinajstić information content (AvgIpc) is 3.46. The van der Waals surface area contributed by atoms with Gasteiger partial charge in [-0.1, -0.05) is 12.1 Å². The number of amides is 1. The minimum atomic E-state index is -4.45. The minimum Gasteiger partial charge on any atom is -0.469 e. The van der Waals surface area contributed by atoms with Crippen molar-refractivity contribution in [2.24, 2.45) is 0 Å². The monoisotopic (exact) mass is 465 g/mol. The molecule has 0 bridgehead atoms. The van der Waals surface area contributed by atoms with Crippen LogP contribution in [0.25, 0.3) is 17.4 Å². The maximum Gasteiger partial charge on any atom is 0.416 e. The summed E-state index contributed by atoms with van der Waals surface area (Å²) in [6.45, 7) is 1.69. The predicted molar refractivity (Wildman–Crippen MR) is 120 cm³/mol. The van der Waals surface area contributed by atoms with Crippen LogP contribution in [0, 0.1) is 6.92 Å². The van der Waals surface area contributed by atoms with Crippen molar-refractivity contribution in [1.82, 2.24) is 0 Å². The van der Waals surface area contributed by atoms with Gasteiger partial charge in [0.15, 0.2) is 5.78 Å². The van der Waals surface area contributed by atoms with Crippen molar-refractivity contribution >= 4 is 23.5 Å². The van der Waals surface area contributed by atoms with Gasteiger partial charge in [0.1, 0.15) is 17.3 Å². The Labute approximate surface area is 192 Å². The van der Waals surface area contributed by atoms with Crippen molar-refractivity contribution in [3.63, 3.8) is 0 Å². The predicted octanol–water partition coefficient (Wildman–Crippen LogP) is 7.02. The van der Waals surface area contributed by atoms with Crippen LogP contribution in [0.3, 0.4) is 0 Å². The molecule has 0 saturated heterocycles. The maximum atomic E-state index is 12.9. The van der Waals surface area contributed by atoms with E-state index in [2.05, 4.69) is 5.32 Å². The van der Waals surface area contributed by atoms with Crippen LogP contribution in [-0.2, 0) is 6.18 Å². The Kier molecular flexibility index (Phi) is 6.23. The molecule has 0 aliphatic rings. The summed E-state index contributed by atoms with van der Waals surface area (Å²) in [6.07, 6.45) is -0.276. The number of rotatable bonds is 6. The SMILES string of the molecule is Cc1occc1C(=O)Nc1ccc(C(=O)/C=C/c2ccc(-c3cccc(C(F)(F)F)c3)o2)cc1. The van der Waals surface area contributed by atoms with Crippen molar-refractivity contribution in [2.75, 3.05) is 5.32 Å². The molecule has 34 heavy (non-hydrogen) atoms. The fourth-order valence-electron chi connectivity index (χ4n) is 3.24. The number of carbonyl (C=O) groups is 2. The van der Waals surface area contributed by atoms with E-state index in [1.54, 1.807) is 49.4 Å². The van der Waals surface area contributed by atoms with E-state index in [4.69, 9.17) is 8.83 Å². The number of halogens is 3. The molecule has 0 aliphatic carbocycles. The molecule has 2 aromatic carbocycles. The molecule has 0 unspecified atom stereocenters. The fraction of sp³-hybridized carbons (Fsp3) is 0.0769. The van der Waals surface area contributed by atoms with Gasteiger partial charge in [-0.25, -0.2) is 0 Å². The summed E-state index contributed by atoms with van der Waals surface area (Å²) in [6, 6.07) is 15.8. The number of allylic oxidation sites excluding steroid dienone is 1. The minimum absolute atomic E-state index is 0.256. The summed E-state index contributed by atoms with van der Waals surface area (Å²) in [5, 5.41) is 2.73. The summed E-state index contributed by atoms with van der Waals surface area (Å²) in [5.74, 6) is 0.454. The van der Waals surface area contributed by atoms with E-state index >= 15 is 0 Å². The highest BCUT2D eigenvalue weighted by Gasteiger charge is 2.30. The number of benzene rings is 2. The quantitative estimate of drug-likeness (QED) is 0.245. The van der Waals surface area contributed by atoms with E-state index < -0.39 is 11.7 Å². The standard InChI is InChI=1S/C26H18F3NO4/c1-16-22(13-14-33-16)25(32)30-20-7-5-17(6-8-20)23(31)11-9-21-10-12-24(34-21)18-3-2-4-19(15-18)26(27,28)29/h2-15H,1H3,(H,30,32)/b11-9+. The molecule has 0 fully saturated rings. The molecule has 0 saturated carbocycles. The smallest absolute Gasteiger partial charge is 0.416 e. The summed E-state index contributed by atoms with van der Waals surface area (Å²) in [5.41, 5.74) is 0.838. The van der Waals surface area contributed by atoms with Crippen molar-refractivity contribution in [3.05, 3.63) is 107 Å². The number of nitrogens with one attached hydrogen (secondary N) is 1. The van der Waals surface area contributed by atoms with Crippen molar-refractivity contribution in [1.29, 1.82) is 0 Å². The molecule has 2 aromatic heterocycles. The average molecular weight is 465 g/mol. The van der Waals surface area contributed by atoms with E-state index in [1.165, 1.54) is 30.5 Å². The molecule has 0 atom stereocenters.